The lowest BCUT2D eigenvalue weighted by molar-refractivity contribution is 1.18. The molecule has 0 saturated heterocycles. The van der Waals surface area contributed by atoms with E-state index in [1.165, 1.54) is 0 Å². The van der Waals surface area contributed by atoms with Crippen LogP contribution in [0.5, 0.6) is 0 Å². The minimum atomic E-state index is 0.650. The van der Waals surface area contributed by atoms with Gasteiger partial charge < -0.3 is 0 Å². The Morgan fingerprint density at radius 2 is 1.77 bits per heavy atom. The van der Waals surface area contributed by atoms with Crippen LogP contribution in [-0.2, 0) is 0 Å². The van der Waals surface area contributed by atoms with Crippen LogP contribution in [0.1, 0.15) is 39.0 Å². The van der Waals surface area contributed by atoms with Gasteiger partial charge in [0, 0.05) is 6.20 Å². The molecule has 0 aliphatic heterocycles. The van der Waals surface area contributed by atoms with E-state index in [0.717, 1.165) is 5.69 Å². The molecule has 72 valence electrons. The Labute approximate surface area is 81.2 Å². The van der Waals surface area contributed by atoms with E-state index < -0.39 is 0 Å². The number of aryl methyl sites for hydroxylation is 1. The second kappa shape index (κ2) is 10.6. The second-order valence-electron chi connectivity index (χ2n) is 1.75. The van der Waals surface area contributed by atoms with Crippen LogP contribution >= 0.6 is 0 Å². The largest absolute Gasteiger partial charge is 0.260 e. The number of rotatable bonds is 0. The van der Waals surface area contributed by atoms with Gasteiger partial charge in [-0.25, -0.2) is 0 Å². The van der Waals surface area contributed by atoms with Gasteiger partial charge >= 0.3 is 0 Å². The summed E-state index contributed by atoms with van der Waals surface area (Å²) in [6.45, 7) is 9.82. The van der Waals surface area contributed by atoms with Gasteiger partial charge in [-0.3, -0.25) is 4.98 Å². The van der Waals surface area contributed by atoms with E-state index in [0.29, 0.717) is 5.56 Å². The molecule has 1 aromatic heterocycles. The van der Waals surface area contributed by atoms with Gasteiger partial charge in [0.25, 0.3) is 0 Å². The molecule has 13 heavy (non-hydrogen) atoms. The highest BCUT2D eigenvalue weighted by atomic mass is 14.7. The first-order valence-electron chi connectivity index (χ1n) is 4.66. The molecule has 1 heterocycles. The fourth-order valence-electron chi connectivity index (χ4n) is 0.602. The third-order valence-electron chi connectivity index (χ3n) is 1.13. The van der Waals surface area contributed by atoms with Crippen LogP contribution in [0, 0.1) is 18.3 Å². The summed E-state index contributed by atoms with van der Waals surface area (Å²) in [6, 6.07) is 5.54. The number of pyridine rings is 1. The quantitative estimate of drug-likeness (QED) is 0.611. The van der Waals surface area contributed by atoms with Crippen molar-refractivity contribution in [3.05, 3.63) is 29.6 Å². The molecule has 0 atom stereocenters. The van der Waals surface area contributed by atoms with Crippen LogP contribution in [0.2, 0.25) is 0 Å². The second-order valence-corrected chi connectivity index (χ2v) is 1.75. The zero-order chi connectivity index (χ0) is 10.7. The monoisotopic (exact) mass is 178 g/mol. The molecule has 0 aliphatic carbocycles. The van der Waals surface area contributed by atoms with E-state index in [1.54, 1.807) is 18.3 Å². The third kappa shape index (κ3) is 5.86. The molecule has 0 fully saturated rings. The number of hydrogen-bond donors (Lipinski definition) is 0. The third-order valence-corrected chi connectivity index (χ3v) is 1.13. The molecule has 0 saturated carbocycles. The Kier molecular flexibility index (Phi) is 11.6. The summed E-state index contributed by atoms with van der Waals surface area (Å²) in [5.74, 6) is 0. The molecule has 0 bridgehead atoms. The molecule has 2 heteroatoms. The van der Waals surface area contributed by atoms with Gasteiger partial charge in [0.2, 0.25) is 0 Å². The average molecular weight is 178 g/mol. The number of nitrogens with zero attached hydrogens (tertiary/aromatic N) is 2. The smallest absolute Gasteiger partial charge is 0.101 e. The molecular formula is C11H18N2. The first-order valence-corrected chi connectivity index (χ1v) is 4.66. The molecule has 0 spiro atoms. The average Bonchev–Trinajstić information content (AvgIpc) is 2.24. The van der Waals surface area contributed by atoms with Crippen LogP contribution in [0.4, 0.5) is 0 Å². The van der Waals surface area contributed by atoms with Gasteiger partial charge in [0.05, 0.1) is 11.3 Å². The maximum atomic E-state index is 8.43. The summed E-state index contributed by atoms with van der Waals surface area (Å²) in [7, 11) is 0. The van der Waals surface area contributed by atoms with E-state index in [9.17, 15) is 0 Å². The maximum Gasteiger partial charge on any atom is 0.101 e. The summed E-state index contributed by atoms with van der Waals surface area (Å²) in [5, 5.41) is 8.43. The Balaban J connectivity index is 0. The molecule has 1 aromatic rings. The molecule has 0 amide bonds. The number of hydrogen-bond acceptors (Lipinski definition) is 2. The predicted molar refractivity (Wildman–Crippen MR) is 56.4 cm³/mol. The molecule has 1 rings (SSSR count). The van der Waals surface area contributed by atoms with Crippen molar-refractivity contribution in [2.75, 3.05) is 0 Å². The van der Waals surface area contributed by atoms with E-state index in [1.807, 2.05) is 40.7 Å². The zero-order valence-corrected chi connectivity index (χ0v) is 9.13. The predicted octanol–water partition coefficient (Wildman–Crippen LogP) is 3.31. The van der Waals surface area contributed by atoms with Gasteiger partial charge in [-0.05, 0) is 19.1 Å². The highest BCUT2D eigenvalue weighted by molar-refractivity contribution is 5.31. The Morgan fingerprint density at radius 3 is 2.08 bits per heavy atom. The minimum absolute atomic E-state index is 0.650. The summed E-state index contributed by atoms with van der Waals surface area (Å²) in [5.41, 5.74) is 1.44. The molecular weight excluding hydrogens is 160 g/mol. The van der Waals surface area contributed by atoms with E-state index >= 15 is 0 Å². The van der Waals surface area contributed by atoms with Crippen molar-refractivity contribution >= 4 is 0 Å². The molecule has 0 N–H and O–H groups in total. The summed E-state index contributed by atoms with van der Waals surface area (Å²) >= 11 is 0. The molecule has 0 aromatic carbocycles. The van der Waals surface area contributed by atoms with Crippen molar-refractivity contribution < 1.29 is 0 Å². The normalized spacial score (nSPS) is 6.77. The topological polar surface area (TPSA) is 36.7 Å². The highest BCUT2D eigenvalue weighted by Crippen LogP contribution is 1.99. The number of aromatic nitrogens is 1. The Bertz CT molecular complexity index is 249. The fraction of sp³-hybridized carbons (Fsp3) is 0.455. The van der Waals surface area contributed by atoms with Gasteiger partial charge in [-0.1, -0.05) is 27.7 Å². The molecule has 2 nitrogen and oxygen atoms in total. The Hall–Kier alpha value is -1.36. The lowest BCUT2D eigenvalue weighted by Gasteiger charge is -1.89. The first kappa shape index (κ1) is 14.2. The molecule has 0 unspecified atom stereocenters. The first-order chi connectivity index (χ1) is 6.34. The number of nitriles is 1. The van der Waals surface area contributed by atoms with Crippen molar-refractivity contribution in [2.45, 2.75) is 34.6 Å². The van der Waals surface area contributed by atoms with Crippen LogP contribution < -0.4 is 0 Å². The fourth-order valence-corrected chi connectivity index (χ4v) is 0.602. The van der Waals surface area contributed by atoms with E-state index in [2.05, 4.69) is 4.98 Å². The Morgan fingerprint density at radius 1 is 1.23 bits per heavy atom. The minimum Gasteiger partial charge on any atom is -0.260 e. The van der Waals surface area contributed by atoms with Crippen molar-refractivity contribution in [3.8, 4) is 6.07 Å². The van der Waals surface area contributed by atoms with Gasteiger partial charge in [0.1, 0.15) is 6.07 Å². The van der Waals surface area contributed by atoms with Crippen molar-refractivity contribution in [2.24, 2.45) is 0 Å². The maximum absolute atomic E-state index is 8.43. The van der Waals surface area contributed by atoms with Crippen molar-refractivity contribution in [1.29, 1.82) is 5.26 Å². The van der Waals surface area contributed by atoms with Crippen molar-refractivity contribution in [3.63, 3.8) is 0 Å². The zero-order valence-electron chi connectivity index (χ0n) is 9.13. The van der Waals surface area contributed by atoms with Crippen LogP contribution in [-0.4, -0.2) is 4.98 Å². The van der Waals surface area contributed by atoms with Crippen LogP contribution in [0.25, 0.3) is 0 Å². The van der Waals surface area contributed by atoms with Gasteiger partial charge in [0.15, 0.2) is 0 Å². The van der Waals surface area contributed by atoms with E-state index in [4.69, 9.17) is 5.26 Å². The lowest BCUT2D eigenvalue weighted by atomic mass is 10.2. The van der Waals surface area contributed by atoms with E-state index in [-0.39, 0.29) is 0 Å². The van der Waals surface area contributed by atoms with Crippen molar-refractivity contribution in [1.82, 2.24) is 4.98 Å². The van der Waals surface area contributed by atoms with Crippen LogP contribution in [0.15, 0.2) is 18.3 Å². The van der Waals surface area contributed by atoms with Gasteiger partial charge in [-0.2, -0.15) is 5.26 Å². The summed E-state index contributed by atoms with van der Waals surface area (Å²) < 4.78 is 0. The summed E-state index contributed by atoms with van der Waals surface area (Å²) in [4.78, 5) is 3.93. The lowest BCUT2D eigenvalue weighted by Crippen LogP contribution is -1.83. The molecule has 0 radical (unpaired) electrons. The highest BCUT2D eigenvalue weighted by Gasteiger charge is 1.91. The molecule has 0 aliphatic rings. The summed E-state index contributed by atoms with van der Waals surface area (Å²) in [6.07, 6.45) is 1.68. The standard InChI is InChI=1S/C7H6N2.2C2H6/c1-6-7(5-8)3-2-4-9-6;2*1-2/h2-4H,1H3;2*1-2H3. The SMILES string of the molecule is CC.CC.Cc1ncccc1C#N. The van der Waals surface area contributed by atoms with Crippen LogP contribution in [0.3, 0.4) is 0 Å². The van der Waals surface area contributed by atoms with Gasteiger partial charge in [-0.15, -0.1) is 0 Å².